The Labute approximate surface area is 117 Å². The first-order valence-electron chi connectivity index (χ1n) is 5.88. The maximum Gasteiger partial charge on any atom is 0.0375 e. The molecule has 1 N–H and O–H groups in total. The molecule has 2 nitrogen and oxygen atoms in total. The number of halogens is 1. The summed E-state index contributed by atoms with van der Waals surface area (Å²) in [5.74, 6) is 1.16. The second-order valence-electron chi connectivity index (χ2n) is 3.97. The van der Waals surface area contributed by atoms with Gasteiger partial charge in [-0.3, -0.25) is 0 Å². The molecule has 0 unspecified atom stereocenters. The molecule has 0 saturated carbocycles. The van der Waals surface area contributed by atoms with Crippen LogP contribution >= 0.6 is 27.7 Å². The number of rotatable bonds is 7. The van der Waals surface area contributed by atoms with Crippen molar-refractivity contribution in [2.75, 3.05) is 37.0 Å². The zero-order valence-electron chi connectivity index (χ0n) is 10.8. The van der Waals surface area contributed by atoms with Crippen molar-refractivity contribution in [1.29, 1.82) is 0 Å². The van der Waals surface area contributed by atoms with E-state index in [0.29, 0.717) is 0 Å². The average Bonchev–Trinajstić information content (AvgIpc) is 2.34. The number of nitrogens with zero attached hydrogens (tertiary/aromatic N) is 1. The minimum Gasteiger partial charge on any atom is -0.374 e. The van der Waals surface area contributed by atoms with Crippen molar-refractivity contribution in [3.05, 3.63) is 28.2 Å². The van der Waals surface area contributed by atoms with E-state index < -0.39 is 0 Å². The van der Waals surface area contributed by atoms with E-state index >= 15 is 0 Å². The van der Waals surface area contributed by atoms with E-state index in [1.807, 2.05) is 11.8 Å². The molecule has 0 radical (unpaired) electrons. The molecular formula is C13H21BrN2S. The van der Waals surface area contributed by atoms with Crippen LogP contribution in [0.5, 0.6) is 0 Å². The molecule has 0 spiro atoms. The Morgan fingerprint density at radius 2 is 2.18 bits per heavy atom. The predicted molar refractivity (Wildman–Crippen MR) is 83.2 cm³/mol. The third kappa shape index (κ3) is 4.90. The second-order valence-corrected chi connectivity index (χ2v) is 5.81. The lowest BCUT2D eigenvalue weighted by Crippen LogP contribution is -2.20. The van der Waals surface area contributed by atoms with E-state index in [1.54, 1.807) is 0 Å². The zero-order chi connectivity index (χ0) is 12.7. The molecule has 4 heteroatoms. The van der Waals surface area contributed by atoms with E-state index in [4.69, 9.17) is 0 Å². The third-order valence-electron chi connectivity index (χ3n) is 2.67. The van der Waals surface area contributed by atoms with Crippen molar-refractivity contribution >= 4 is 33.4 Å². The molecule has 0 bridgehead atoms. The van der Waals surface area contributed by atoms with Crippen LogP contribution in [0.15, 0.2) is 22.7 Å². The first kappa shape index (κ1) is 14.9. The maximum absolute atomic E-state index is 3.64. The summed E-state index contributed by atoms with van der Waals surface area (Å²) < 4.78 is 1.19. The van der Waals surface area contributed by atoms with Gasteiger partial charge in [0.15, 0.2) is 0 Å². The van der Waals surface area contributed by atoms with Gasteiger partial charge in [0.25, 0.3) is 0 Å². The molecule has 17 heavy (non-hydrogen) atoms. The van der Waals surface area contributed by atoms with Gasteiger partial charge in [-0.05, 0) is 30.5 Å². The van der Waals surface area contributed by atoms with Gasteiger partial charge in [0.2, 0.25) is 0 Å². The monoisotopic (exact) mass is 316 g/mol. The van der Waals surface area contributed by atoms with Crippen molar-refractivity contribution in [3.8, 4) is 0 Å². The van der Waals surface area contributed by atoms with E-state index in [2.05, 4.69) is 64.6 Å². The van der Waals surface area contributed by atoms with Crippen molar-refractivity contribution in [3.63, 3.8) is 0 Å². The Hall–Kier alpha value is -0.190. The van der Waals surface area contributed by atoms with Gasteiger partial charge in [-0.15, -0.1) is 0 Å². The molecule has 0 aliphatic rings. The van der Waals surface area contributed by atoms with Gasteiger partial charge in [0.1, 0.15) is 0 Å². The molecular weight excluding hydrogens is 296 g/mol. The van der Waals surface area contributed by atoms with Crippen molar-refractivity contribution in [1.82, 2.24) is 5.32 Å². The summed E-state index contributed by atoms with van der Waals surface area (Å²) in [6.45, 7) is 5.13. The molecule has 0 heterocycles. The summed E-state index contributed by atoms with van der Waals surface area (Å²) in [7, 11) is 2.14. The molecule has 0 aromatic heterocycles. The minimum absolute atomic E-state index is 0.923. The van der Waals surface area contributed by atoms with Crippen LogP contribution in [0.2, 0.25) is 0 Å². The minimum atomic E-state index is 0.923. The van der Waals surface area contributed by atoms with Crippen LogP contribution in [0.3, 0.4) is 0 Å². The van der Waals surface area contributed by atoms with E-state index in [1.165, 1.54) is 15.7 Å². The number of hydrogen-bond donors (Lipinski definition) is 1. The number of anilines is 1. The predicted octanol–water partition coefficient (Wildman–Crippen LogP) is 3.36. The highest BCUT2D eigenvalue weighted by atomic mass is 79.9. The van der Waals surface area contributed by atoms with Crippen LogP contribution in [0, 0.1) is 0 Å². The SMILES string of the molecule is CCNCc1ccc(N(C)CCSC)cc1Br. The highest BCUT2D eigenvalue weighted by molar-refractivity contribution is 9.10. The maximum atomic E-state index is 3.64. The molecule has 1 aromatic carbocycles. The summed E-state index contributed by atoms with van der Waals surface area (Å²) in [6, 6.07) is 6.59. The smallest absolute Gasteiger partial charge is 0.0375 e. The number of thioether (sulfide) groups is 1. The molecule has 0 aliphatic heterocycles. The van der Waals surface area contributed by atoms with Crippen LogP contribution in [0.25, 0.3) is 0 Å². The highest BCUT2D eigenvalue weighted by Gasteiger charge is 2.04. The largest absolute Gasteiger partial charge is 0.374 e. The lowest BCUT2D eigenvalue weighted by molar-refractivity contribution is 0.724. The Morgan fingerprint density at radius 1 is 1.41 bits per heavy atom. The fourth-order valence-corrected chi connectivity index (χ4v) is 2.50. The topological polar surface area (TPSA) is 15.3 Å². The van der Waals surface area contributed by atoms with E-state index in [9.17, 15) is 0 Å². The van der Waals surface area contributed by atoms with Crippen molar-refractivity contribution in [2.24, 2.45) is 0 Å². The van der Waals surface area contributed by atoms with Crippen LogP contribution in [0.4, 0.5) is 5.69 Å². The first-order valence-corrected chi connectivity index (χ1v) is 8.07. The Balaban J connectivity index is 2.67. The van der Waals surface area contributed by atoms with Gasteiger partial charge >= 0.3 is 0 Å². The third-order valence-corrected chi connectivity index (χ3v) is 4.00. The first-order chi connectivity index (χ1) is 8.19. The fourth-order valence-electron chi connectivity index (χ4n) is 1.53. The summed E-state index contributed by atoms with van der Waals surface area (Å²) in [4.78, 5) is 2.29. The fraction of sp³-hybridized carbons (Fsp3) is 0.538. The lowest BCUT2D eigenvalue weighted by atomic mass is 10.2. The zero-order valence-corrected chi connectivity index (χ0v) is 13.2. The summed E-state index contributed by atoms with van der Waals surface area (Å²) in [6.07, 6.45) is 2.14. The van der Waals surface area contributed by atoms with Crippen LogP contribution < -0.4 is 10.2 Å². The quantitative estimate of drug-likeness (QED) is 0.830. The van der Waals surface area contributed by atoms with Gasteiger partial charge < -0.3 is 10.2 Å². The summed E-state index contributed by atoms with van der Waals surface area (Å²) in [5.41, 5.74) is 2.58. The lowest BCUT2D eigenvalue weighted by Gasteiger charge is -2.20. The number of hydrogen-bond acceptors (Lipinski definition) is 3. The van der Waals surface area contributed by atoms with Crippen LogP contribution in [0.1, 0.15) is 12.5 Å². The van der Waals surface area contributed by atoms with Crippen molar-refractivity contribution in [2.45, 2.75) is 13.5 Å². The van der Waals surface area contributed by atoms with Crippen LogP contribution in [-0.4, -0.2) is 32.1 Å². The molecule has 96 valence electrons. The van der Waals surface area contributed by atoms with Gasteiger partial charge in [-0.25, -0.2) is 0 Å². The normalized spacial score (nSPS) is 10.6. The van der Waals surface area contributed by atoms with E-state index in [0.717, 1.165) is 25.4 Å². The summed E-state index contributed by atoms with van der Waals surface area (Å²) >= 11 is 5.52. The second kappa shape index (κ2) is 8.01. The highest BCUT2D eigenvalue weighted by Crippen LogP contribution is 2.23. The van der Waals surface area contributed by atoms with Crippen LogP contribution in [-0.2, 0) is 6.54 Å². The molecule has 1 rings (SSSR count). The molecule has 0 saturated heterocycles. The van der Waals surface area contributed by atoms with Gasteiger partial charge in [0, 0.05) is 36.1 Å². The molecule has 0 aliphatic carbocycles. The van der Waals surface area contributed by atoms with Gasteiger partial charge in [0.05, 0.1) is 0 Å². The average molecular weight is 317 g/mol. The van der Waals surface area contributed by atoms with E-state index in [-0.39, 0.29) is 0 Å². The Kier molecular flexibility index (Phi) is 7.00. The number of benzene rings is 1. The summed E-state index contributed by atoms with van der Waals surface area (Å²) in [5, 5.41) is 3.34. The molecule has 0 atom stereocenters. The molecule has 0 fully saturated rings. The standard InChI is InChI=1S/C13H21BrN2S/c1-4-15-10-11-5-6-12(9-13(11)14)16(2)7-8-17-3/h5-6,9,15H,4,7-8,10H2,1-3H3. The molecule has 0 amide bonds. The molecule has 1 aromatic rings. The van der Waals surface area contributed by atoms with Crippen molar-refractivity contribution < 1.29 is 0 Å². The number of nitrogens with one attached hydrogen (secondary N) is 1. The van der Waals surface area contributed by atoms with Gasteiger partial charge in [-0.2, -0.15) is 11.8 Å². The Bertz CT molecular complexity index is 344. The Morgan fingerprint density at radius 3 is 2.76 bits per heavy atom. The van der Waals surface area contributed by atoms with Gasteiger partial charge in [-0.1, -0.05) is 28.9 Å².